The van der Waals surface area contributed by atoms with Gasteiger partial charge in [0.05, 0.1) is 31.9 Å². The Hall–Kier alpha value is 0.110. The van der Waals surface area contributed by atoms with E-state index in [2.05, 4.69) is 0 Å². The lowest BCUT2D eigenvalue weighted by atomic mass is 10.8. The minimum Gasteiger partial charge on any atom is -0.320 e. The summed E-state index contributed by atoms with van der Waals surface area (Å²) >= 11 is 0. The van der Waals surface area contributed by atoms with Gasteiger partial charge in [0, 0.05) is 6.26 Å². The molecule has 1 unspecified atom stereocenters. The highest BCUT2D eigenvalue weighted by molar-refractivity contribution is 7.84. The molecule has 0 heterocycles. The smallest absolute Gasteiger partial charge is 0.154 e. The standard InChI is InChI=1S/C5H14NOS/c1-6(2,3)5-8(4)7/h5H2,1-4H3/q+1. The van der Waals surface area contributed by atoms with Gasteiger partial charge in [0.25, 0.3) is 0 Å². The predicted molar refractivity (Wildman–Crippen MR) is 37.0 cm³/mol. The second kappa shape index (κ2) is 2.60. The van der Waals surface area contributed by atoms with Gasteiger partial charge in [0.15, 0.2) is 5.88 Å². The van der Waals surface area contributed by atoms with Crippen LogP contribution in [0.2, 0.25) is 0 Å². The summed E-state index contributed by atoms with van der Waals surface area (Å²) in [6.45, 7) is 0. The third kappa shape index (κ3) is 6.11. The molecule has 0 aliphatic heterocycles. The van der Waals surface area contributed by atoms with Crippen LogP contribution in [-0.4, -0.2) is 42.0 Å². The molecule has 0 N–H and O–H groups in total. The Bertz CT molecular complexity index is 95.1. The van der Waals surface area contributed by atoms with Crippen molar-refractivity contribution in [3.8, 4) is 0 Å². The van der Waals surface area contributed by atoms with Crippen LogP contribution in [0.1, 0.15) is 0 Å². The molecule has 0 aliphatic carbocycles. The van der Waals surface area contributed by atoms with Crippen LogP contribution in [0, 0.1) is 0 Å². The van der Waals surface area contributed by atoms with Crippen LogP contribution in [0.15, 0.2) is 0 Å². The first kappa shape index (κ1) is 8.11. The van der Waals surface area contributed by atoms with E-state index in [1.807, 2.05) is 21.1 Å². The lowest BCUT2D eigenvalue weighted by Crippen LogP contribution is -2.37. The molecule has 2 nitrogen and oxygen atoms in total. The van der Waals surface area contributed by atoms with Crippen molar-refractivity contribution < 1.29 is 8.69 Å². The second-order valence-electron chi connectivity index (χ2n) is 2.99. The molecule has 0 rings (SSSR count). The molecule has 0 radical (unpaired) electrons. The highest BCUT2D eigenvalue weighted by Gasteiger charge is 2.07. The van der Waals surface area contributed by atoms with Crippen molar-refractivity contribution in [2.45, 2.75) is 0 Å². The Balaban J connectivity index is 3.55. The molecule has 0 bridgehead atoms. The van der Waals surface area contributed by atoms with E-state index in [0.29, 0.717) is 0 Å². The summed E-state index contributed by atoms with van der Waals surface area (Å²) in [4.78, 5) is 0. The lowest BCUT2D eigenvalue weighted by Gasteiger charge is -2.21. The van der Waals surface area contributed by atoms with Gasteiger partial charge in [0.2, 0.25) is 0 Å². The molecule has 0 amide bonds. The molecular weight excluding hydrogens is 122 g/mol. The molecule has 3 heteroatoms. The van der Waals surface area contributed by atoms with Crippen molar-refractivity contribution in [2.24, 2.45) is 0 Å². The van der Waals surface area contributed by atoms with Gasteiger partial charge in [-0.25, -0.2) is 0 Å². The molecule has 0 fully saturated rings. The SMILES string of the molecule is CS(=O)C[N+](C)(C)C. The van der Waals surface area contributed by atoms with Gasteiger partial charge < -0.3 is 4.48 Å². The average Bonchev–Trinajstić information content (AvgIpc) is 1.21. The highest BCUT2D eigenvalue weighted by atomic mass is 32.2. The van der Waals surface area contributed by atoms with E-state index in [-0.39, 0.29) is 0 Å². The fraction of sp³-hybridized carbons (Fsp3) is 1.00. The number of hydrogen-bond acceptors (Lipinski definition) is 1. The monoisotopic (exact) mass is 136 g/mol. The van der Waals surface area contributed by atoms with Gasteiger partial charge in [-0.1, -0.05) is 0 Å². The Morgan fingerprint density at radius 1 is 1.38 bits per heavy atom. The first-order valence-corrected chi connectivity index (χ1v) is 4.25. The maximum Gasteiger partial charge on any atom is 0.154 e. The zero-order valence-corrected chi connectivity index (χ0v) is 6.79. The third-order valence-electron chi connectivity index (χ3n) is 0.569. The van der Waals surface area contributed by atoms with Crippen LogP contribution < -0.4 is 0 Å². The van der Waals surface area contributed by atoms with Crippen molar-refractivity contribution >= 4 is 10.8 Å². The maximum absolute atomic E-state index is 10.6. The summed E-state index contributed by atoms with van der Waals surface area (Å²) in [6, 6.07) is 0. The zero-order valence-electron chi connectivity index (χ0n) is 5.97. The molecule has 50 valence electrons. The van der Waals surface area contributed by atoms with Crippen molar-refractivity contribution in [1.29, 1.82) is 0 Å². The number of hydrogen-bond donors (Lipinski definition) is 0. The van der Waals surface area contributed by atoms with Gasteiger partial charge in [-0.15, -0.1) is 0 Å². The highest BCUT2D eigenvalue weighted by Crippen LogP contribution is 1.89. The van der Waals surface area contributed by atoms with Gasteiger partial charge in [-0.3, -0.25) is 4.21 Å². The quantitative estimate of drug-likeness (QED) is 0.489. The summed E-state index contributed by atoms with van der Waals surface area (Å²) in [5, 5.41) is 0. The Labute approximate surface area is 53.5 Å². The fourth-order valence-electron chi connectivity index (χ4n) is 0.545. The molecule has 1 atom stereocenters. The van der Waals surface area contributed by atoms with Crippen molar-refractivity contribution in [2.75, 3.05) is 33.3 Å². The molecule has 0 saturated heterocycles. The molecule has 0 aliphatic rings. The minimum absolute atomic E-state index is 0.663. The molecule has 0 spiro atoms. The molecule has 0 aromatic carbocycles. The van der Waals surface area contributed by atoms with E-state index in [9.17, 15) is 4.21 Å². The molecule has 0 saturated carbocycles. The number of quaternary nitrogens is 1. The summed E-state index contributed by atoms with van der Waals surface area (Å²) in [5.41, 5.74) is 0. The zero-order chi connectivity index (χ0) is 6.78. The van der Waals surface area contributed by atoms with Crippen molar-refractivity contribution in [3.05, 3.63) is 0 Å². The normalized spacial score (nSPS) is 16.0. The molecule has 8 heavy (non-hydrogen) atoms. The Kier molecular flexibility index (Phi) is 2.63. The van der Waals surface area contributed by atoms with E-state index in [1.165, 1.54) is 0 Å². The van der Waals surface area contributed by atoms with Crippen molar-refractivity contribution in [3.63, 3.8) is 0 Å². The summed E-state index contributed by atoms with van der Waals surface area (Å²) in [6.07, 6.45) is 1.73. The Morgan fingerprint density at radius 3 is 1.75 bits per heavy atom. The fourth-order valence-corrected chi connectivity index (χ4v) is 1.64. The van der Waals surface area contributed by atoms with E-state index >= 15 is 0 Å². The van der Waals surface area contributed by atoms with Crippen LogP contribution in [0.25, 0.3) is 0 Å². The van der Waals surface area contributed by atoms with Gasteiger partial charge in [-0.05, 0) is 0 Å². The van der Waals surface area contributed by atoms with Gasteiger partial charge in [-0.2, -0.15) is 0 Å². The van der Waals surface area contributed by atoms with Crippen molar-refractivity contribution in [1.82, 2.24) is 0 Å². The van der Waals surface area contributed by atoms with E-state index in [0.717, 1.165) is 10.4 Å². The Morgan fingerprint density at radius 2 is 1.75 bits per heavy atom. The van der Waals surface area contributed by atoms with Crippen LogP contribution in [0.4, 0.5) is 0 Å². The third-order valence-corrected chi connectivity index (χ3v) is 1.71. The molecular formula is C5H14NOS+. The molecule has 0 aromatic rings. The van der Waals surface area contributed by atoms with Gasteiger partial charge in [0.1, 0.15) is 0 Å². The first-order chi connectivity index (χ1) is 3.42. The van der Waals surface area contributed by atoms with Crippen LogP contribution >= 0.6 is 0 Å². The van der Waals surface area contributed by atoms with E-state index in [1.54, 1.807) is 6.26 Å². The molecule has 0 aromatic heterocycles. The summed E-state index contributed by atoms with van der Waals surface area (Å²) in [7, 11) is 5.42. The average molecular weight is 136 g/mol. The largest absolute Gasteiger partial charge is 0.320 e. The maximum atomic E-state index is 10.6. The van der Waals surface area contributed by atoms with Crippen LogP contribution in [-0.2, 0) is 10.8 Å². The lowest BCUT2D eigenvalue weighted by molar-refractivity contribution is -0.857. The topological polar surface area (TPSA) is 17.1 Å². The second-order valence-corrected chi connectivity index (χ2v) is 4.40. The first-order valence-electron chi connectivity index (χ1n) is 2.52. The van der Waals surface area contributed by atoms with Gasteiger partial charge >= 0.3 is 0 Å². The minimum atomic E-state index is -0.663. The van der Waals surface area contributed by atoms with Crippen LogP contribution in [0.3, 0.4) is 0 Å². The number of rotatable bonds is 2. The van der Waals surface area contributed by atoms with Crippen LogP contribution in [0.5, 0.6) is 0 Å². The predicted octanol–water partition coefficient (Wildman–Crippen LogP) is 0.0286. The van der Waals surface area contributed by atoms with E-state index < -0.39 is 10.8 Å². The summed E-state index contributed by atoms with van der Waals surface area (Å²) < 4.78 is 11.3. The summed E-state index contributed by atoms with van der Waals surface area (Å²) in [5.74, 6) is 0.736. The van der Waals surface area contributed by atoms with E-state index in [4.69, 9.17) is 0 Å². The number of nitrogens with zero attached hydrogens (tertiary/aromatic N) is 1.